The number of aromatic nitrogens is 1. The summed E-state index contributed by atoms with van der Waals surface area (Å²) in [5, 5.41) is 2.52. The van der Waals surface area contributed by atoms with Crippen molar-refractivity contribution in [1.82, 2.24) is 4.98 Å². The zero-order valence-electron chi connectivity index (χ0n) is 14.5. The van der Waals surface area contributed by atoms with Gasteiger partial charge in [0.1, 0.15) is 0 Å². The lowest BCUT2D eigenvalue weighted by atomic mass is 10.0. The molecule has 0 bridgehead atoms. The number of aliphatic imine (C=N–C) groups is 1. The highest BCUT2D eigenvalue weighted by molar-refractivity contribution is 6.10. The number of benzene rings is 2. The van der Waals surface area contributed by atoms with E-state index in [1.54, 1.807) is 0 Å². The summed E-state index contributed by atoms with van der Waals surface area (Å²) in [5.74, 6) is 0. The number of H-pyrrole nitrogens is 1. The summed E-state index contributed by atoms with van der Waals surface area (Å²) in [4.78, 5) is 8.06. The fraction of sp³-hybridized carbons (Fsp3) is 0.0870. The summed E-state index contributed by atoms with van der Waals surface area (Å²) in [6.45, 7) is 4.18. The summed E-state index contributed by atoms with van der Waals surface area (Å²) in [5.41, 5.74) is 6.70. The van der Waals surface area contributed by atoms with Crippen LogP contribution in [0.4, 0.5) is 0 Å². The van der Waals surface area contributed by atoms with Gasteiger partial charge in [-0.15, -0.1) is 0 Å². The second-order valence-electron chi connectivity index (χ2n) is 6.39. The van der Waals surface area contributed by atoms with Gasteiger partial charge >= 0.3 is 0 Å². The number of allylic oxidation sites excluding steroid dienone is 3. The molecule has 1 N–H and O–H groups in total. The van der Waals surface area contributed by atoms with E-state index in [0.717, 1.165) is 17.1 Å². The van der Waals surface area contributed by atoms with Crippen molar-refractivity contribution >= 4 is 28.6 Å². The molecule has 2 heterocycles. The van der Waals surface area contributed by atoms with E-state index in [-0.39, 0.29) is 0 Å². The van der Waals surface area contributed by atoms with Crippen molar-refractivity contribution in [2.45, 2.75) is 13.8 Å². The Kier molecular flexibility index (Phi) is 3.95. The molecule has 0 saturated heterocycles. The van der Waals surface area contributed by atoms with Crippen molar-refractivity contribution < 1.29 is 0 Å². The quantitative estimate of drug-likeness (QED) is 0.626. The van der Waals surface area contributed by atoms with Crippen molar-refractivity contribution in [3.8, 4) is 0 Å². The van der Waals surface area contributed by atoms with Gasteiger partial charge in [0.15, 0.2) is 0 Å². The largest absolute Gasteiger partial charge is 0.359 e. The molecule has 1 aromatic heterocycles. The van der Waals surface area contributed by atoms with Crippen LogP contribution in [0.3, 0.4) is 0 Å². The van der Waals surface area contributed by atoms with Gasteiger partial charge in [0.25, 0.3) is 0 Å². The molecule has 2 aromatic carbocycles. The first kappa shape index (κ1) is 15.4. The number of nitrogens with one attached hydrogen (secondary N) is 1. The molecule has 1 aliphatic rings. The van der Waals surface area contributed by atoms with Crippen LogP contribution in [0, 0.1) is 13.8 Å². The van der Waals surface area contributed by atoms with E-state index >= 15 is 0 Å². The summed E-state index contributed by atoms with van der Waals surface area (Å²) in [7, 11) is 0. The second-order valence-corrected chi connectivity index (χ2v) is 6.39. The minimum absolute atomic E-state index is 0.972. The van der Waals surface area contributed by atoms with Crippen molar-refractivity contribution in [2.24, 2.45) is 4.99 Å². The van der Waals surface area contributed by atoms with Gasteiger partial charge in [0.2, 0.25) is 0 Å². The van der Waals surface area contributed by atoms with E-state index in [1.165, 1.54) is 27.6 Å². The van der Waals surface area contributed by atoms with Crippen LogP contribution in [-0.4, -0.2) is 10.7 Å². The van der Waals surface area contributed by atoms with Gasteiger partial charge in [-0.3, -0.25) is 0 Å². The molecule has 0 amide bonds. The van der Waals surface area contributed by atoms with E-state index in [1.807, 2.05) is 0 Å². The van der Waals surface area contributed by atoms with Gasteiger partial charge in [-0.2, -0.15) is 0 Å². The van der Waals surface area contributed by atoms with Crippen LogP contribution in [0.15, 0.2) is 77.4 Å². The maximum absolute atomic E-state index is 4.69. The van der Waals surface area contributed by atoms with Crippen LogP contribution >= 0.6 is 0 Å². The van der Waals surface area contributed by atoms with Gasteiger partial charge in [-0.1, -0.05) is 48.5 Å². The van der Waals surface area contributed by atoms with Gasteiger partial charge in [-0.05, 0) is 66.1 Å². The smallest absolute Gasteiger partial charge is 0.0658 e. The van der Waals surface area contributed by atoms with Crippen LogP contribution in [-0.2, 0) is 0 Å². The van der Waals surface area contributed by atoms with Crippen LogP contribution in [0.25, 0.3) is 22.9 Å². The SMILES string of the molecule is Cc1cc(C)c(/C=C2\C=CC(/C=C/c3cccc4ccccc34)=N2)[nH]1. The first-order chi connectivity index (χ1) is 12.2. The van der Waals surface area contributed by atoms with E-state index in [4.69, 9.17) is 0 Å². The van der Waals surface area contributed by atoms with Gasteiger partial charge in [0.05, 0.1) is 11.4 Å². The highest BCUT2D eigenvalue weighted by atomic mass is 14.8. The number of nitrogens with zero attached hydrogens (tertiary/aromatic N) is 1. The molecular formula is C23H20N2. The predicted octanol–water partition coefficient (Wildman–Crippen LogP) is 5.85. The Hall–Kier alpha value is -3.13. The summed E-state index contributed by atoms with van der Waals surface area (Å²) in [6, 6.07) is 17.0. The zero-order chi connectivity index (χ0) is 17.2. The minimum Gasteiger partial charge on any atom is -0.359 e. The predicted molar refractivity (Wildman–Crippen MR) is 108 cm³/mol. The molecule has 4 rings (SSSR count). The lowest BCUT2D eigenvalue weighted by molar-refractivity contribution is 1.24. The van der Waals surface area contributed by atoms with Crippen LogP contribution in [0.1, 0.15) is 22.5 Å². The molecule has 0 atom stereocenters. The Labute approximate surface area is 147 Å². The lowest BCUT2D eigenvalue weighted by Crippen LogP contribution is -1.83. The van der Waals surface area contributed by atoms with Crippen molar-refractivity contribution in [1.29, 1.82) is 0 Å². The van der Waals surface area contributed by atoms with E-state index in [0.29, 0.717) is 0 Å². The molecular weight excluding hydrogens is 304 g/mol. The maximum atomic E-state index is 4.69. The van der Waals surface area contributed by atoms with Gasteiger partial charge in [-0.25, -0.2) is 4.99 Å². The van der Waals surface area contributed by atoms with Gasteiger partial charge in [0, 0.05) is 11.4 Å². The molecule has 1 aliphatic heterocycles. The summed E-state index contributed by atoms with van der Waals surface area (Å²) in [6.07, 6.45) is 10.4. The highest BCUT2D eigenvalue weighted by Gasteiger charge is 2.05. The third-order valence-electron chi connectivity index (χ3n) is 4.42. The molecule has 0 spiro atoms. The molecule has 0 fully saturated rings. The average molecular weight is 324 g/mol. The Morgan fingerprint density at radius 2 is 1.76 bits per heavy atom. The molecule has 0 radical (unpaired) electrons. The number of hydrogen-bond donors (Lipinski definition) is 1. The fourth-order valence-electron chi connectivity index (χ4n) is 3.19. The Bertz CT molecular complexity index is 1050. The van der Waals surface area contributed by atoms with Crippen LogP contribution in [0.5, 0.6) is 0 Å². The highest BCUT2D eigenvalue weighted by Crippen LogP contribution is 2.21. The van der Waals surface area contributed by atoms with Crippen molar-refractivity contribution in [3.05, 3.63) is 95.0 Å². The second kappa shape index (κ2) is 6.40. The van der Waals surface area contributed by atoms with Gasteiger partial charge < -0.3 is 4.98 Å². The number of fused-ring (bicyclic) bond motifs is 1. The standard InChI is InChI=1S/C23H20N2/c1-16-14-17(2)24-23(16)15-21-13-12-20(25-21)11-10-19-8-5-7-18-6-3-4-9-22(18)19/h3-15,24H,1-2H3/b11-10+,21-15+. The van der Waals surface area contributed by atoms with Crippen molar-refractivity contribution in [3.63, 3.8) is 0 Å². The van der Waals surface area contributed by atoms with E-state index < -0.39 is 0 Å². The maximum Gasteiger partial charge on any atom is 0.0658 e. The summed E-state index contributed by atoms with van der Waals surface area (Å²) >= 11 is 0. The Morgan fingerprint density at radius 1 is 0.920 bits per heavy atom. The monoisotopic (exact) mass is 324 g/mol. The third kappa shape index (κ3) is 3.24. The molecule has 3 aromatic rings. The molecule has 0 aliphatic carbocycles. The number of aryl methyl sites for hydroxylation is 2. The van der Waals surface area contributed by atoms with E-state index in [9.17, 15) is 0 Å². The molecule has 2 heteroatoms. The minimum atomic E-state index is 0.972. The van der Waals surface area contributed by atoms with E-state index in [2.05, 4.69) is 103 Å². The number of rotatable bonds is 3. The molecule has 0 saturated carbocycles. The fourth-order valence-corrected chi connectivity index (χ4v) is 3.19. The average Bonchev–Trinajstić information content (AvgIpc) is 3.19. The third-order valence-corrected chi connectivity index (χ3v) is 4.42. The van der Waals surface area contributed by atoms with Crippen LogP contribution < -0.4 is 0 Å². The first-order valence-corrected chi connectivity index (χ1v) is 8.49. The normalized spacial score (nSPS) is 15.6. The molecule has 122 valence electrons. The molecule has 0 unspecified atom stereocenters. The lowest BCUT2D eigenvalue weighted by Gasteiger charge is -2.01. The number of aromatic amines is 1. The zero-order valence-corrected chi connectivity index (χ0v) is 14.5. The van der Waals surface area contributed by atoms with Crippen LogP contribution in [0.2, 0.25) is 0 Å². The first-order valence-electron chi connectivity index (χ1n) is 8.49. The number of hydrogen-bond acceptors (Lipinski definition) is 1. The molecule has 25 heavy (non-hydrogen) atoms. The Balaban J connectivity index is 1.60. The molecule has 2 nitrogen and oxygen atoms in total. The summed E-state index contributed by atoms with van der Waals surface area (Å²) < 4.78 is 0. The topological polar surface area (TPSA) is 28.1 Å². The van der Waals surface area contributed by atoms with Crippen molar-refractivity contribution in [2.75, 3.05) is 0 Å². The Morgan fingerprint density at radius 3 is 2.60 bits per heavy atom.